The third-order valence-corrected chi connectivity index (χ3v) is 4.67. The minimum absolute atomic E-state index is 0.159. The van der Waals surface area contributed by atoms with Crippen LogP contribution in [0.3, 0.4) is 0 Å². The number of halogens is 3. The van der Waals surface area contributed by atoms with E-state index in [0.717, 1.165) is 23.3 Å². The standard InChI is InChI=1S/C21H27F3N2O/c1-13(2)14-5-8-19(27-4)18(10-14)17-7-6-16(21(22,23)24)9-15(17)11-20(3,26)12-25/h5-10,13H,11-12,25-26H2,1-4H3. The van der Waals surface area contributed by atoms with Gasteiger partial charge in [-0.25, -0.2) is 0 Å². The molecule has 6 heteroatoms. The van der Waals surface area contributed by atoms with Gasteiger partial charge in [0, 0.05) is 17.6 Å². The van der Waals surface area contributed by atoms with Gasteiger partial charge in [-0.2, -0.15) is 13.2 Å². The van der Waals surface area contributed by atoms with Crippen molar-refractivity contribution in [3.05, 3.63) is 53.1 Å². The first kappa shape index (κ1) is 21.3. The predicted molar refractivity (Wildman–Crippen MR) is 103 cm³/mol. The molecule has 4 N–H and O–H groups in total. The van der Waals surface area contributed by atoms with Gasteiger partial charge in [-0.1, -0.05) is 26.0 Å². The van der Waals surface area contributed by atoms with Gasteiger partial charge in [0.2, 0.25) is 0 Å². The van der Waals surface area contributed by atoms with Crippen LogP contribution in [-0.4, -0.2) is 19.2 Å². The van der Waals surface area contributed by atoms with Crippen molar-refractivity contribution in [3.63, 3.8) is 0 Å². The molecule has 0 aliphatic heterocycles. The summed E-state index contributed by atoms with van der Waals surface area (Å²) in [4.78, 5) is 0. The van der Waals surface area contributed by atoms with E-state index < -0.39 is 17.3 Å². The Hall–Kier alpha value is -2.05. The molecule has 0 fully saturated rings. The van der Waals surface area contributed by atoms with E-state index in [1.807, 2.05) is 18.2 Å². The lowest BCUT2D eigenvalue weighted by Gasteiger charge is -2.25. The minimum Gasteiger partial charge on any atom is -0.496 e. The van der Waals surface area contributed by atoms with Gasteiger partial charge in [-0.15, -0.1) is 0 Å². The monoisotopic (exact) mass is 380 g/mol. The molecule has 148 valence electrons. The van der Waals surface area contributed by atoms with Gasteiger partial charge in [-0.05, 0) is 60.2 Å². The molecule has 0 heterocycles. The summed E-state index contributed by atoms with van der Waals surface area (Å²) >= 11 is 0. The van der Waals surface area contributed by atoms with E-state index >= 15 is 0 Å². The summed E-state index contributed by atoms with van der Waals surface area (Å²) < 4.78 is 45.2. The molecule has 0 bridgehead atoms. The summed E-state index contributed by atoms with van der Waals surface area (Å²) in [6, 6.07) is 9.52. The Labute approximate surface area is 158 Å². The molecule has 0 amide bonds. The van der Waals surface area contributed by atoms with E-state index in [4.69, 9.17) is 16.2 Å². The fourth-order valence-corrected chi connectivity index (χ4v) is 2.98. The second-order valence-corrected chi connectivity index (χ2v) is 7.52. The van der Waals surface area contributed by atoms with E-state index in [9.17, 15) is 13.2 Å². The fourth-order valence-electron chi connectivity index (χ4n) is 2.98. The van der Waals surface area contributed by atoms with Gasteiger partial charge >= 0.3 is 6.18 Å². The summed E-state index contributed by atoms with van der Waals surface area (Å²) in [5, 5.41) is 0. The topological polar surface area (TPSA) is 61.3 Å². The van der Waals surface area contributed by atoms with Crippen LogP contribution in [0.4, 0.5) is 13.2 Å². The summed E-state index contributed by atoms with van der Waals surface area (Å²) in [7, 11) is 1.55. The van der Waals surface area contributed by atoms with Crippen LogP contribution in [0.15, 0.2) is 36.4 Å². The van der Waals surface area contributed by atoms with Crippen LogP contribution in [0, 0.1) is 0 Å². The largest absolute Gasteiger partial charge is 0.496 e. The Morgan fingerprint density at radius 2 is 1.70 bits per heavy atom. The number of rotatable bonds is 6. The Kier molecular flexibility index (Phi) is 6.22. The molecule has 2 aromatic carbocycles. The average Bonchev–Trinajstić information content (AvgIpc) is 2.60. The van der Waals surface area contributed by atoms with Gasteiger partial charge in [0.15, 0.2) is 0 Å². The summed E-state index contributed by atoms with van der Waals surface area (Å²) in [6.45, 7) is 6.01. The number of nitrogens with two attached hydrogens (primary N) is 2. The van der Waals surface area contributed by atoms with Crippen LogP contribution < -0.4 is 16.2 Å². The van der Waals surface area contributed by atoms with Crippen molar-refractivity contribution in [2.75, 3.05) is 13.7 Å². The maximum Gasteiger partial charge on any atom is 0.416 e. The van der Waals surface area contributed by atoms with Crippen molar-refractivity contribution >= 4 is 0 Å². The Balaban J connectivity index is 2.70. The van der Waals surface area contributed by atoms with Crippen LogP contribution in [-0.2, 0) is 12.6 Å². The van der Waals surface area contributed by atoms with Gasteiger partial charge in [0.1, 0.15) is 5.75 Å². The van der Waals surface area contributed by atoms with Crippen LogP contribution in [0.5, 0.6) is 5.75 Å². The lowest BCUT2D eigenvalue weighted by atomic mass is 9.86. The first-order valence-electron chi connectivity index (χ1n) is 8.86. The third-order valence-electron chi connectivity index (χ3n) is 4.67. The van der Waals surface area contributed by atoms with Crippen LogP contribution in [0.1, 0.15) is 43.4 Å². The highest BCUT2D eigenvalue weighted by Gasteiger charge is 2.32. The van der Waals surface area contributed by atoms with Crippen LogP contribution in [0.25, 0.3) is 11.1 Å². The van der Waals surface area contributed by atoms with E-state index in [1.165, 1.54) is 6.07 Å². The van der Waals surface area contributed by atoms with Crippen molar-refractivity contribution in [1.29, 1.82) is 0 Å². The molecule has 0 aromatic heterocycles. The first-order valence-corrected chi connectivity index (χ1v) is 8.86. The van der Waals surface area contributed by atoms with Crippen molar-refractivity contribution in [2.24, 2.45) is 11.5 Å². The van der Waals surface area contributed by atoms with E-state index in [1.54, 1.807) is 14.0 Å². The molecular weight excluding hydrogens is 353 g/mol. The highest BCUT2D eigenvalue weighted by molar-refractivity contribution is 5.75. The molecular formula is C21H27F3N2O. The summed E-state index contributed by atoms with van der Waals surface area (Å²) in [6.07, 6.45) is -4.21. The molecule has 2 rings (SSSR count). The average molecular weight is 380 g/mol. The van der Waals surface area contributed by atoms with Crippen molar-refractivity contribution in [3.8, 4) is 16.9 Å². The lowest BCUT2D eigenvalue weighted by Crippen LogP contribution is -2.46. The molecule has 27 heavy (non-hydrogen) atoms. The molecule has 0 aliphatic carbocycles. The van der Waals surface area contributed by atoms with Crippen LogP contribution >= 0.6 is 0 Å². The molecule has 1 atom stereocenters. The van der Waals surface area contributed by atoms with Gasteiger partial charge in [0.05, 0.1) is 12.7 Å². The maximum absolute atomic E-state index is 13.3. The maximum atomic E-state index is 13.3. The number of hydrogen-bond donors (Lipinski definition) is 2. The Bertz CT molecular complexity index is 798. The molecule has 0 aliphatic rings. The smallest absolute Gasteiger partial charge is 0.416 e. The van der Waals surface area contributed by atoms with Crippen LogP contribution in [0.2, 0.25) is 0 Å². The summed E-state index contributed by atoms with van der Waals surface area (Å²) in [5.74, 6) is 0.878. The third kappa shape index (κ3) is 5.02. The zero-order valence-electron chi connectivity index (χ0n) is 16.2. The second kappa shape index (κ2) is 7.90. The van der Waals surface area contributed by atoms with Crippen molar-refractivity contribution < 1.29 is 17.9 Å². The summed E-state index contributed by atoms with van der Waals surface area (Å²) in [5.41, 5.74) is 13.4. The number of alkyl halides is 3. The molecule has 2 aromatic rings. The predicted octanol–water partition coefficient (Wildman–Crippen LogP) is 4.72. The first-order chi connectivity index (χ1) is 12.5. The van der Waals surface area contributed by atoms with Gasteiger partial charge < -0.3 is 16.2 Å². The zero-order valence-corrected chi connectivity index (χ0v) is 16.2. The lowest BCUT2D eigenvalue weighted by molar-refractivity contribution is -0.137. The highest BCUT2D eigenvalue weighted by atomic mass is 19.4. The molecule has 0 spiro atoms. The minimum atomic E-state index is -4.43. The van der Waals surface area contributed by atoms with E-state index in [-0.39, 0.29) is 18.9 Å². The van der Waals surface area contributed by atoms with Gasteiger partial charge in [-0.3, -0.25) is 0 Å². The quantitative estimate of drug-likeness (QED) is 0.762. The number of hydrogen-bond acceptors (Lipinski definition) is 3. The molecule has 0 radical (unpaired) electrons. The SMILES string of the molecule is COc1ccc(C(C)C)cc1-c1ccc(C(F)(F)F)cc1CC(C)(N)CN. The number of methoxy groups -OCH3 is 1. The normalized spacial score (nSPS) is 14.3. The highest BCUT2D eigenvalue weighted by Crippen LogP contribution is 2.39. The van der Waals surface area contributed by atoms with Gasteiger partial charge in [0.25, 0.3) is 0 Å². The second-order valence-electron chi connectivity index (χ2n) is 7.52. The van der Waals surface area contributed by atoms with E-state index in [0.29, 0.717) is 16.9 Å². The van der Waals surface area contributed by atoms with E-state index in [2.05, 4.69) is 13.8 Å². The Morgan fingerprint density at radius 1 is 1.04 bits per heavy atom. The van der Waals surface area contributed by atoms with Crippen molar-refractivity contribution in [1.82, 2.24) is 0 Å². The molecule has 3 nitrogen and oxygen atoms in total. The molecule has 1 unspecified atom stereocenters. The molecule has 0 saturated heterocycles. The zero-order chi connectivity index (χ0) is 20.4. The number of benzene rings is 2. The molecule has 0 saturated carbocycles. The number of ether oxygens (including phenoxy) is 1. The van der Waals surface area contributed by atoms with Crippen molar-refractivity contribution in [2.45, 2.75) is 44.8 Å². The Morgan fingerprint density at radius 3 is 2.22 bits per heavy atom. The fraction of sp³-hybridized carbons (Fsp3) is 0.429.